The van der Waals surface area contributed by atoms with Crippen molar-refractivity contribution in [1.29, 1.82) is 0 Å². The molecule has 5 rings (SSSR count). The quantitative estimate of drug-likeness (QED) is 0.430. The average molecular weight is 512 g/mol. The van der Waals surface area contributed by atoms with Gasteiger partial charge in [-0.2, -0.15) is 0 Å². The molecule has 2 fully saturated rings. The van der Waals surface area contributed by atoms with Gasteiger partial charge < -0.3 is 19.9 Å². The number of benzene rings is 1. The smallest absolute Gasteiger partial charge is 0.325 e. The Kier molecular flexibility index (Phi) is 8.07. The zero-order chi connectivity index (χ0) is 25.8. The topological polar surface area (TPSA) is 83.9 Å². The molecule has 2 N–H and O–H groups in total. The highest BCUT2D eigenvalue weighted by molar-refractivity contribution is 5.76. The Hall–Kier alpha value is -2.55. The van der Waals surface area contributed by atoms with Crippen LogP contribution in [0.3, 0.4) is 0 Å². The van der Waals surface area contributed by atoms with E-state index in [0.29, 0.717) is 38.5 Å². The molecule has 0 saturated carbocycles. The fourth-order valence-electron chi connectivity index (χ4n) is 5.80. The van der Waals surface area contributed by atoms with E-state index >= 15 is 0 Å². The third kappa shape index (κ3) is 5.97. The lowest BCUT2D eigenvalue weighted by molar-refractivity contribution is -0.151. The van der Waals surface area contributed by atoms with Crippen LogP contribution in [0.25, 0.3) is 0 Å². The van der Waals surface area contributed by atoms with Gasteiger partial charge in [0.1, 0.15) is 17.7 Å². The van der Waals surface area contributed by atoms with Gasteiger partial charge in [0.2, 0.25) is 0 Å². The van der Waals surface area contributed by atoms with Crippen molar-refractivity contribution in [3.05, 3.63) is 58.5 Å². The Bertz CT molecular complexity index is 1100. The summed E-state index contributed by atoms with van der Waals surface area (Å²) < 4.78 is 25.8. The van der Waals surface area contributed by atoms with Gasteiger partial charge in [0.15, 0.2) is 0 Å². The summed E-state index contributed by atoms with van der Waals surface area (Å²) in [5.74, 6) is -0.321. The van der Waals surface area contributed by atoms with Crippen LogP contribution in [0.4, 0.5) is 10.2 Å². The Balaban J connectivity index is 1.07. The summed E-state index contributed by atoms with van der Waals surface area (Å²) in [7, 11) is 0. The second-order valence-electron chi connectivity index (χ2n) is 10.9. The minimum atomic E-state index is -0.959. The number of ether oxygens (including phenoxy) is 2. The van der Waals surface area contributed by atoms with E-state index in [0.717, 1.165) is 62.1 Å². The number of halogens is 1. The van der Waals surface area contributed by atoms with Crippen LogP contribution in [0.5, 0.6) is 0 Å². The number of carbonyl (C=O) groups is 1. The number of carboxylic acids is 1. The maximum absolute atomic E-state index is 14.2. The van der Waals surface area contributed by atoms with Crippen LogP contribution in [0.1, 0.15) is 67.5 Å². The summed E-state index contributed by atoms with van der Waals surface area (Å²) in [6, 6.07) is 8.00. The van der Waals surface area contributed by atoms with Crippen LogP contribution in [0, 0.1) is 5.82 Å². The highest BCUT2D eigenvalue weighted by Gasteiger charge is 2.42. The van der Waals surface area contributed by atoms with Crippen molar-refractivity contribution in [1.82, 2.24) is 9.88 Å². The van der Waals surface area contributed by atoms with Gasteiger partial charge in [-0.25, -0.2) is 9.37 Å². The fourth-order valence-corrected chi connectivity index (χ4v) is 5.80. The number of pyridine rings is 1. The molecular formula is C29H38FN3O4. The normalized spacial score (nSPS) is 22.8. The number of nitrogens with zero attached hydrogens (tertiary/aromatic N) is 2. The summed E-state index contributed by atoms with van der Waals surface area (Å²) in [6.07, 6.45) is 7.15. The van der Waals surface area contributed by atoms with Gasteiger partial charge in [0, 0.05) is 44.0 Å². The lowest BCUT2D eigenvalue weighted by Crippen LogP contribution is -2.55. The third-order valence-corrected chi connectivity index (χ3v) is 8.04. The molecule has 0 bridgehead atoms. The molecule has 3 aliphatic heterocycles. The van der Waals surface area contributed by atoms with Gasteiger partial charge in [0.25, 0.3) is 0 Å². The SMILES string of the molecule is CC1(c2ccc(F)cc2C(C(=O)O)N2CC(OCCCCCc3ccc4c(n3)NCCC4)C2)CCOC1. The monoisotopic (exact) mass is 511 g/mol. The van der Waals surface area contributed by atoms with Crippen molar-refractivity contribution in [3.63, 3.8) is 0 Å². The molecule has 0 spiro atoms. The van der Waals surface area contributed by atoms with Crippen molar-refractivity contribution in [2.75, 3.05) is 44.8 Å². The number of hydrogen-bond acceptors (Lipinski definition) is 6. The van der Waals surface area contributed by atoms with E-state index in [9.17, 15) is 14.3 Å². The standard InChI is InChI=1S/C29H38FN3O4/c1-29(12-15-36-19-29)25-11-9-21(30)16-24(25)26(28(34)35)33-17-23(18-33)37-14-4-2-3-7-22-10-8-20-6-5-13-31-27(20)32-22/h8-11,16,23,26H,2-7,12-15,17-19H2,1H3,(H,31,32)(H,34,35). The molecule has 8 heteroatoms. The molecule has 4 heterocycles. The summed E-state index contributed by atoms with van der Waals surface area (Å²) in [5.41, 5.74) is 3.55. The Labute approximate surface area is 218 Å². The van der Waals surface area contributed by atoms with E-state index in [1.54, 1.807) is 6.07 Å². The number of fused-ring (bicyclic) bond motifs is 1. The van der Waals surface area contributed by atoms with E-state index < -0.39 is 17.8 Å². The predicted molar refractivity (Wildman–Crippen MR) is 139 cm³/mol. The third-order valence-electron chi connectivity index (χ3n) is 8.04. The zero-order valence-electron chi connectivity index (χ0n) is 21.7. The summed E-state index contributed by atoms with van der Waals surface area (Å²) in [4.78, 5) is 18.9. The van der Waals surface area contributed by atoms with Crippen molar-refractivity contribution < 1.29 is 23.8 Å². The van der Waals surface area contributed by atoms with Crippen LogP contribution in [-0.4, -0.2) is 66.5 Å². The van der Waals surface area contributed by atoms with Crippen molar-refractivity contribution in [2.45, 2.75) is 69.4 Å². The van der Waals surface area contributed by atoms with Crippen LogP contribution >= 0.6 is 0 Å². The fraction of sp³-hybridized carbons (Fsp3) is 0.586. The maximum atomic E-state index is 14.2. The van der Waals surface area contributed by atoms with Gasteiger partial charge in [0.05, 0.1) is 12.7 Å². The van der Waals surface area contributed by atoms with Gasteiger partial charge in [-0.15, -0.1) is 0 Å². The van der Waals surface area contributed by atoms with Crippen molar-refractivity contribution in [3.8, 4) is 0 Å². The molecule has 2 unspecified atom stereocenters. The van der Waals surface area contributed by atoms with Crippen molar-refractivity contribution in [2.24, 2.45) is 0 Å². The Morgan fingerprint density at radius 3 is 2.95 bits per heavy atom. The number of anilines is 1. The number of likely N-dealkylation sites (tertiary alicyclic amines) is 1. The minimum absolute atomic E-state index is 0.0117. The first-order chi connectivity index (χ1) is 17.9. The first-order valence-corrected chi connectivity index (χ1v) is 13.6. The molecule has 1 aromatic heterocycles. The molecule has 1 aromatic carbocycles. The Morgan fingerprint density at radius 2 is 2.16 bits per heavy atom. The van der Waals surface area contributed by atoms with E-state index in [2.05, 4.69) is 24.4 Å². The van der Waals surface area contributed by atoms with Gasteiger partial charge >= 0.3 is 5.97 Å². The van der Waals surface area contributed by atoms with Crippen LogP contribution in [0.2, 0.25) is 0 Å². The van der Waals surface area contributed by atoms with E-state index in [1.165, 1.54) is 24.1 Å². The van der Waals surface area contributed by atoms with Gasteiger partial charge in [-0.3, -0.25) is 9.69 Å². The van der Waals surface area contributed by atoms with E-state index in [1.807, 2.05) is 4.90 Å². The average Bonchev–Trinajstić information content (AvgIpc) is 3.31. The van der Waals surface area contributed by atoms with Crippen molar-refractivity contribution >= 4 is 11.8 Å². The first kappa shape index (κ1) is 26.1. The second kappa shape index (κ2) is 11.5. The predicted octanol–water partition coefficient (Wildman–Crippen LogP) is 4.50. The number of carboxylic acid groups (broad SMARTS) is 1. The lowest BCUT2D eigenvalue weighted by atomic mass is 9.77. The highest BCUT2D eigenvalue weighted by atomic mass is 19.1. The summed E-state index contributed by atoms with van der Waals surface area (Å²) in [6.45, 7) is 5.95. The zero-order valence-corrected chi connectivity index (χ0v) is 21.7. The molecule has 200 valence electrons. The maximum Gasteiger partial charge on any atom is 0.325 e. The molecule has 2 aromatic rings. The number of aryl methyl sites for hydroxylation is 2. The summed E-state index contributed by atoms with van der Waals surface area (Å²) in [5, 5.41) is 13.5. The van der Waals surface area contributed by atoms with Crippen LogP contribution < -0.4 is 5.32 Å². The largest absolute Gasteiger partial charge is 0.480 e. The molecule has 0 amide bonds. The number of unbranched alkanes of at least 4 members (excludes halogenated alkanes) is 2. The minimum Gasteiger partial charge on any atom is -0.480 e. The van der Waals surface area contributed by atoms with Gasteiger partial charge in [-0.1, -0.05) is 25.5 Å². The molecule has 0 radical (unpaired) electrons. The number of rotatable bonds is 11. The molecule has 2 atom stereocenters. The molecule has 2 saturated heterocycles. The molecule has 3 aliphatic rings. The molecule has 37 heavy (non-hydrogen) atoms. The Morgan fingerprint density at radius 1 is 1.30 bits per heavy atom. The van der Waals surface area contributed by atoms with E-state index in [4.69, 9.17) is 14.5 Å². The van der Waals surface area contributed by atoms with Crippen LogP contribution in [0.15, 0.2) is 30.3 Å². The number of hydrogen-bond donors (Lipinski definition) is 2. The molecular weight excluding hydrogens is 473 g/mol. The van der Waals surface area contributed by atoms with E-state index in [-0.39, 0.29) is 11.5 Å². The van der Waals surface area contributed by atoms with Gasteiger partial charge in [-0.05, 0) is 73.4 Å². The highest BCUT2D eigenvalue weighted by Crippen LogP contribution is 2.40. The second-order valence-corrected chi connectivity index (χ2v) is 10.9. The number of aliphatic carboxylic acids is 1. The number of aromatic nitrogens is 1. The molecule has 7 nitrogen and oxygen atoms in total. The summed E-state index contributed by atoms with van der Waals surface area (Å²) >= 11 is 0. The lowest BCUT2D eigenvalue weighted by Gasteiger charge is -2.43. The molecule has 0 aliphatic carbocycles. The van der Waals surface area contributed by atoms with Crippen LogP contribution in [-0.2, 0) is 32.5 Å². The first-order valence-electron chi connectivity index (χ1n) is 13.6. The number of nitrogens with one attached hydrogen (secondary N) is 1.